The van der Waals surface area contributed by atoms with E-state index in [0.717, 1.165) is 0 Å². The molecule has 1 aromatic carbocycles. The van der Waals surface area contributed by atoms with Gasteiger partial charge in [-0.15, -0.1) is 0 Å². The van der Waals surface area contributed by atoms with Crippen LogP contribution in [0.15, 0.2) is 54.6 Å². The van der Waals surface area contributed by atoms with Crippen LogP contribution in [0.5, 0.6) is 0 Å². The van der Waals surface area contributed by atoms with Gasteiger partial charge in [-0.3, -0.25) is 4.79 Å². The van der Waals surface area contributed by atoms with Gasteiger partial charge in [-0.1, -0.05) is 54.6 Å². The van der Waals surface area contributed by atoms with Crippen LogP contribution in [0.4, 0.5) is 0 Å². The summed E-state index contributed by atoms with van der Waals surface area (Å²) in [5.74, 6) is -0.203. The third kappa shape index (κ3) is 2.28. The van der Waals surface area contributed by atoms with E-state index >= 15 is 0 Å². The minimum Gasteiger partial charge on any atom is -0.382 e. The molecule has 0 amide bonds. The van der Waals surface area contributed by atoms with Gasteiger partial charge >= 0.3 is 0 Å². The van der Waals surface area contributed by atoms with Gasteiger partial charge in [-0.2, -0.15) is 0 Å². The number of ketones is 1. The van der Waals surface area contributed by atoms with Crippen LogP contribution in [-0.2, 0) is 0 Å². The number of hydrogen-bond acceptors (Lipinski definition) is 2. The van der Waals surface area contributed by atoms with E-state index in [-0.39, 0.29) is 11.7 Å². The molecule has 2 nitrogen and oxygen atoms in total. The second-order valence-electron chi connectivity index (χ2n) is 4.20. The van der Waals surface area contributed by atoms with E-state index in [4.69, 9.17) is 0 Å². The maximum Gasteiger partial charge on any atom is 0.173 e. The summed E-state index contributed by atoms with van der Waals surface area (Å²) in [5, 5.41) is 9.66. The Balaban J connectivity index is 2.18. The van der Waals surface area contributed by atoms with Gasteiger partial charge in [0.15, 0.2) is 5.78 Å². The predicted molar refractivity (Wildman–Crippen MR) is 63.2 cm³/mol. The zero-order chi connectivity index (χ0) is 11.6. The van der Waals surface area contributed by atoms with Crippen molar-refractivity contribution in [3.63, 3.8) is 0 Å². The van der Waals surface area contributed by atoms with Crippen LogP contribution in [0, 0.1) is 5.92 Å². The Morgan fingerprint density at radius 2 is 1.75 bits per heavy atom. The Bertz CT molecular complexity index is 425. The Kier molecular flexibility index (Phi) is 2.75. The summed E-state index contributed by atoms with van der Waals surface area (Å²) in [6.07, 6.45) is 6.79. The zero-order valence-corrected chi connectivity index (χ0v) is 9.13. The minimum atomic E-state index is -0.923. The second kappa shape index (κ2) is 4.06. The van der Waals surface area contributed by atoms with Crippen molar-refractivity contribution in [2.75, 3.05) is 0 Å². The molecule has 1 aliphatic carbocycles. The number of carbonyl (C=O) groups excluding carboxylic acids is 1. The topological polar surface area (TPSA) is 37.3 Å². The third-order valence-electron chi connectivity index (χ3n) is 2.64. The largest absolute Gasteiger partial charge is 0.382 e. The molecule has 0 heterocycles. The number of rotatable bonds is 2. The van der Waals surface area contributed by atoms with Gasteiger partial charge in [0.1, 0.15) is 0 Å². The average Bonchev–Trinajstić information content (AvgIpc) is 2.29. The van der Waals surface area contributed by atoms with E-state index in [0.29, 0.717) is 5.56 Å². The average molecular weight is 214 g/mol. The highest BCUT2D eigenvalue weighted by atomic mass is 16.3. The molecule has 0 aromatic heterocycles. The quantitative estimate of drug-likeness (QED) is 0.606. The Labute approximate surface area is 94.9 Å². The molecule has 82 valence electrons. The maximum absolute atomic E-state index is 12.0. The summed E-state index contributed by atoms with van der Waals surface area (Å²) in [6, 6.07) is 9.18. The van der Waals surface area contributed by atoms with E-state index in [1.165, 1.54) is 0 Å². The van der Waals surface area contributed by atoms with Crippen molar-refractivity contribution >= 4 is 5.78 Å². The molecule has 0 unspecified atom stereocenters. The van der Waals surface area contributed by atoms with Gasteiger partial charge in [0.25, 0.3) is 0 Å². The molecule has 2 heteroatoms. The zero-order valence-electron chi connectivity index (χ0n) is 9.13. The molecule has 0 spiro atoms. The Morgan fingerprint density at radius 3 is 2.31 bits per heavy atom. The van der Waals surface area contributed by atoms with E-state index in [1.54, 1.807) is 43.4 Å². The molecule has 0 radical (unpaired) electrons. The van der Waals surface area contributed by atoms with Crippen LogP contribution in [0.1, 0.15) is 17.3 Å². The molecule has 0 bridgehead atoms. The van der Waals surface area contributed by atoms with Crippen LogP contribution < -0.4 is 0 Å². The number of Topliss-reactive ketones (excluding diaryl/α,β-unsaturated/α-hetero) is 1. The first kappa shape index (κ1) is 10.8. The predicted octanol–water partition coefficient (Wildman–Crippen LogP) is 2.36. The third-order valence-corrected chi connectivity index (χ3v) is 2.64. The minimum absolute atomic E-state index is 0.0589. The van der Waals surface area contributed by atoms with Gasteiger partial charge < -0.3 is 5.11 Å². The smallest absolute Gasteiger partial charge is 0.173 e. The van der Waals surface area contributed by atoms with Crippen molar-refractivity contribution in [2.45, 2.75) is 12.5 Å². The molecule has 0 aliphatic heterocycles. The number of allylic oxidation sites excluding steroid dienone is 2. The van der Waals surface area contributed by atoms with Crippen LogP contribution in [0.3, 0.4) is 0 Å². The summed E-state index contributed by atoms with van der Waals surface area (Å²) in [5.41, 5.74) is -0.226. The number of carbonyl (C=O) groups is 1. The highest BCUT2D eigenvalue weighted by Gasteiger charge is 2.22. The molecule has 0 saturated carbocycles. The van der Waals surface area contributed by atoms with E-state index in [2.05, 4.69) is 0 Å². The first-order valence-corrected chi connectivity index (χ1v) is 5.29. The van der Waals surface area contributed by atoms with Crippen LogP contribution in [0.25, 0.3) is 0 Å². The van der Waals surface area contributed by atoms with Crippen molar-refractivity contribution in [3.05, 3.63) is 60.2 Å². The number of benzene rings is 1. The Morgan fingerprint density at radius 1 is 1.19 bits per heavy atom. The van der Waals surface area contributed by atoms with Gasteiger partial charge in [-0.25, -0.2) is 0 Å². The fourth-order valence-electron chi connectivity index (χ4n) is 1.69. The van der Waals surface area contributed by atoms with Crippen LogP contribution in [0.2, 0.25) is 0 Å². The standard InChI is InChI=1S/C14H14O2/c1-14(16)9-7-12(8-10-14)13(15)11-5-3-2-4-6-11/h2-10,12,16H,1H3. The molecule has 16 heavy (non-hydrogen) atoms. The van der Waals surface area contributed by atoms with E-state index in [9.17, 15) is 9.90 Å². The summed E-state index contributed by atoms with van der Waals surface area (Å²) in [4.78, 5) is 12.0. The lowest BCUT2D eigenvalue weighted by Crippen LogP contribution is -2.23. The van der Waals surface area contributed by atoms with Gasteiger partial charge in [0.05, 0.1) is 11.5 Å². The SMILES string of the molecule is CC1(O)C=CC(C(=O)c2ccccc2)C=C1. The molecule has 0 atom stereocenters. The highest BCUT2D eigenvalue weighted by Crippen LogP contribution is 2.21. The summed E-state index contributed by atoms with van der Waals surface area (Å²) < 4.78 is 0. The van der Waals surface area contributed by atoms with E-state index in [1.807, 2.05) is 18.2 Å². The second-order valence-corrected chi connectivity index (χ2v) is 4.20. The van der Waals surface area contributed by atoms with Crippen molar-refractivity contribution in [1.82, 2.24) is 0 Å². The summed E-state index contributed by atoms with van der Waals surface area (Å²) in [6.45, 7) is 1.68. The lowest BCUT2D eigenvalue weighted by atomic mass is 9.89. The highest BCUT2D eigenvalue weighted by molar-refractivity contribution is 6.00. The lowest BCUT2D eigenvalue weighted by molar-refractivity contribution is 0.0959. The fraction of sp³-hybridized carbons (Fsp3) is 0.214. The summed E-state index contributed by atoms with van der Waals surface area (Å²) >= 11 is 0. The molecule has 0 saturated heterocycles. The van der Waals surface area contributed by atoms with Crippen LogP contribution in [-0.4, -0.2) is 16.5 Å². The molecule has 1 N–H and O–H groups in total. The first-order chi connectivity index (χ1) is 7.58. The van der Waals surface area contributed by atoms with Gasteiger partial charge in [0.2, 0.25) is 0 Å². The van der Waals surface area contributed by atoms with Gasteiger partial charge in [0, 0.05) is 5.56 Å². The lowest BCUT2D eigenvalue weighted by Gasteiger charge is -2.20. The number of aliphatic hydroxyl groups is 1. The number of hydrogen-bond donors (Lipinski definition) is 1. The summed E-state index contributed by atoms with van der Waals surface area (Å²) in [7, 11) is 0. The van der Waals surface area contributed by atoms with Crippen molar-refractivity contribution < 1.29 is 9.90 Å². The monoisotopic (exact) mass is 214 g/mol. The van der Waals surface area contributed by atoms with Crippen LogP contribution >= 0.6 is 0 Å². The maximum atomic E-state index is 12.0. The Hall–Kier alpha value is -1.67. The first-order valence-electron chi connectivity index (χ1n) is 5.29. The molecule has 1 aromatic rings. The molecule has 0 fully saturated rings. The van der Waals surface area contributed by atoms with E-state index < -0.39 is 5.60 Å². The van der Waals surface area contributed by atoms with Crippen molar-refractivity contribution in [3.8, 4) is 0 Å². The molecular weight excluding hydrogens is 200 g/mol. The van der Waals surface area contributed by atoms with Crippen molar-refractivity contribution in [1.29, 1.82) is 0 Å². The normalized spacial score (nSPS) is 28.0. The van der Waals surface area contributed by atoms with Gasteiger partial charge in [-0.05, 0) is 6.92 Å². The molecule has 2 rings (SSSR count). The molecular formula is C14H14O2. The molecule has 1 aliphatic rings. The van der Waals surface area contributed by atoms with Crippen molar-refractivity contribution in [2.24, 2.45) is 5.92 Å². The fourth-order valence-corrected chi connectivity index (χ4v) is 1.69.